The Balaban J connectivity index is 0.00000208. The van der Waals surface area contributed by atoms with Crippen molar-refractivity contribution in [1.82, 2.24) is 4.31 Å². The molecule has 6 heteroatoms. The van der Waals surface area contributed by atoms with Gasteiger partial charge in [-0.3, -0.25) is 4.79 Å². The molecule has 4 nitrogen and oxygen atoms in total. The monoisotopic (exact) mass is 524 g/mol. The van der Waals surface area contributed by atoms with Crippen LogP contribution in [-0.4, -0.2) is 25.2 Å². The van der Waals surface area contributed by atoms with Gasteiger partial charge in [0.25, 0.3) is 10.0 Å². The van der Waals surface area contributed by atoms with E-state index < -0.39 is 15.9 Å². The molecule has 24 heavy (non-hydrogen) atoms. The van der Waals surface area contributed by atoms with Crippen LogP contribution in [0.15, 0.2) is 59.5 Å². The molecule has 128 valence electrons. The van der Waals surface area contributed by atoms with Gasteiger partial charge in [0.1, 0.15) is 0 Å². The van der Waals surface area contributed by atoms with E-state index in [2.05, 4.69) is 0 Å². The van der Waals surface area contributed by atoms with Crippen LogP contribution in [0.5, 0.6) is 0 Å². The summed E-state index contributed by atoms with van der Waals surface area (Å²) in [7, 11) is -3.84. The molecule has 2 aromatic rings. The van der Waals surface area contributed by atoms with E-state index in [-0.39, 0.29) is 33.8 Å². The smallest absolute Gasteiger partial charge is 0.283 e. The summed E-state index contributed by atoms with van der Waals surface area (Å²) < 4.78 is 26.5. The zero-order valence-electron chi connectivity index (χ0n) is 13.1. The van der Waals surface area contributed by atoms with Crippen molar-refractivity contribution in [2.45, 2.75) is 18.2 Å². The molecule has 0 radical (unpaired) electrons. The van der Waals surface area contributed by atoms with Crippen molar-refractivity contribution >= 4 is 15.9 Å². The molecule has 1 heterocycles. The van der Waals surface area contributed by atoms with Crippen LogP contribution in [0.25, 0.3) is 0 Å². The Bertz CT molecular complexity index is 804. The van der Waals surface area contributed by atoms with E-state index in [0.717, 1.165) is 15.4 Å². The van der Waals surface area contributed by atoms with E-state index in [9.17, 15) is 13.2 Å². The summed E-state index contributed by atoms with van der Waals surface area (Å²) in [6, 6.07) is 15.7. The molecule has 0 aliphatic carbocycles. The molecule has 0 saturated carbocycles. The van der Waals surface area contributed by atoms with Gasteiger partial charge in [-0.05, 0) is 25.0 Å². The van der Waals surface area contributed by atoms with Gasteiger partial charge in [0.05, 0.1) is 17.7 Å². The second-order valence-corrected chi connectivity index (χ2v) is 7.35. The Labute approximate surface area is 158 Å². The normalized spacial score (nSPS) is 14.8. The summed E-state index contributed by atoms with van der Waals surface area (Å²) in [5.41, 5.74) is 1.73. The summed E-state index contributed by atoms with van der Waals surface area (Å²) in [5.74, 6) is 0.0619. The first-order valence-electron chi connectivity index (χ1n) is 7.37. The summed E-state index contributed by atoms with van der Waals surface area (Å²) >= 11 is 0. The molecule has 0 unspecified atom stereocenters. The number of hydrogen-bond donors (Lipinski definition) is 0. The first kappa shape index (κ1) is 18.7. The number of aryl methyl sites for hydroxylation is 1. The van der Waals surface area contributed by atoms with E-state index in [4.69, 9.17) is 0 Å². The molecular formula is C18H17AuNO3S+. The van der Waals surface area contributed by atoms with Gasteiger partial charge in [-0.25, -0.2) is 12.7 Å². The summed E-state index contributed by atoms with van der Waals surface area (Å²) in [6.07, 6.45) is 2.29. The fourth-order valence-corrected chi connectivity index (χ4v) is 3.94. The zero-order chi connectivity index (χ0) is 16.4. The minimum absolute atomic E-state index is 0. The van der Waals surface area contributed by atoms with E-state index in [1.54, 1.807) is 12.1 Å². The number of rotatable bonds is 3. The Hall–Kier alpha value is -1.66. The SMILES string of the molecule is Cc1ccc(S(=O)(=O)N2C[CH+]C[C-](c3ccccc3)C2=O)cc1.[Au+]. The summed E-state index contributed by atoms with van der Waals surface area (Å²) in [6.45, 7) is 1.99. The van der Waals surface area contributed by atoms with Gasteiger partial charge < -0.3 is 0 Å². The third kappa shape index (κ3) is 3.54. The minimum atomic E-state index is -3.84. The van der Waals surface area contributed by atoms with Crippen molar-refractivity contribution in [1.29, 1.82) is 0 Å². The molecule has 0 aromatic heterocycles. The Morgan fingerprint density at radius 2 is 1.67 bits per heavy atom. The molecule has 1 amide bonds. The Morgan fingerprint density at radius 1 is 1.04 bits per heavy atom. The topological polar surface area (TPSA) is 54.5 Å². The van der Waals surface area contributed by atoms with E-state index in [0.29, 0.717) is 12.3 Å². The van der Waals surface area contributed by atoms with Gasteiger partial charge in [-0.15, -0.1) is 12.1 Å². The predicted octanol–water partition coefficient (Wildman–Crippen LogP) is 2.74. The third-order valence-electron chi connectivity index (χ3n) is 3.86. The summed E-state index contributed by atoms with van der Waals surface area (Å²) in [5, 5.41) is 0. The fraction of sp³-hybridized carbons (Fsp3) is 0.167. The van der Waals surface area contributed by atoms with Crippen molar-refractivity contribution in [2.75, 3.05) is 6.54 Å². The summed E-state index contributed by atoms with van der Waals surface area (Å²) in [4.78, 5) is 12.8. The number of nitrogens with zero attached hydrogens (tertiary/aromatic N) is 1. The number of benzene rings is 2. The second-order valence-electron chi connectivity index (χ2n) is 5.49. The van der Waals surface area contributed by atoms with E-state index in [1.165, 1.54) is 12.1 Å². The molecule has 1 aliphatic rings. The number of amides is 1. The van der Waals surface area contributed by atoms with Crippen molar-refractivity contribution in [3.05, 3.63) is 78.1 Å². The molecule has 0 spiro atoms. The van der Waals surface area contributed by atoms with Crippen molar-refractivity contribution < 1.29 is 35.6 Å². The van der Waals surface area contributed by atoms with Gasteiger partial charge in [0.15, 0.2) is 6.54 Å². The molecular weight excluding hydrogens is 507 g/mol. The number of piperidine rings is 1. The van der Waals surface area contributed by atoms with Crippen LogP contribution in [0.2, 0.25) is 0 Å². The Morgan fingerprint density at radius 3 is 2.29 bits per heavy atom. The van der Waals surface area contributed by atoms with Crippen LogP contribution < -0.4 is 0 Å². The van der Waals surface area contributed by atoms with Gasteiger partial charge in [0, 0.05) is 0 Å². The van der Waals surface area contributed by atoms with Gasteiger partial charge in [-0.1, -0.05) is 23.8 Å². The molecule has 1 fully saturated rings. The fourth-order valence-electron chi connectivity index (χ4n) is 2.57. The van der Waals surface area contributed by atoms with Crippen LogP contribution in [0, 0.1) is 19.3 Å². The predicted molar refractivity (Wildman–Crippen MR) is 87.8 cm³/mol. The quantitative estimate of drug-likeness (QED) is 0.459. The molecule has 2 aromatic carbocycles. The average Bonchev–Trinajstić information content (AvgIpc) is 2.56. The van der Waals surface area contributed by atoms with Crippen LogP contribution in [0.1, 0.15) is 17.5 Å². The first-order chi connectivity index (χ1) is 11.0. The van der Waals surface area contributed by atoms with Gasteiger partial charge in [-0.2, -0.15) is 17.7 Å². The zero-order valence-corrected chi connectivity index (χ0v) is 16.1. The van der Waals surface area contributed by atoms with Crippen LogP contribution in [-0.2, 0) is 37.2 Å². The molecule has 0 bridgehead atoms. The van der Waals surface area contributed by atoms with Gasteiger partial charge in [0.2, 0.25) is 5.91 Å². The second kappa shape index (κ2) is 7.49. The first-order valence-corrected chi connectivity index (χ1v) is 8.81. The van der Waals surface area contributed by atoms with Crippen molar-refractivity contribution in [3.8, 4) is 0 Å². The number of carbonyl (C=O) groups excluding carboxylic acids is 1. The molecule has 1 saturated heterocycles. The maximum Gasteiger partial charge on any atom is 1.00 e. The standard InChI is InChI=1S/C18H17NO3S.Au/c1-14-9-11-16(12-10-14)23(21,22)19-13-5-8-17(18(19)20)15-6-3-2-4-7-15;/h2-7,9-12H,8,13H2,1H3;/q;+1. The molecule has 1 aliphatic heterocycles. The van der Waals surface area contributed by atoms with Crippen LogP contribution in [0.4, 0.5) is 0 Å². The molecule has 3 rings (SSSR count). The van der Waals surface area contributed by atoms with E-state index in [1.807, 2.05) is 43.7 Å². The third-order valence-corrected chi connectivity index (χ3v) is 5.62. The van der Waals surface area contributed by atoms with Crippen LogP contribution >= 0.6 is 0 Å². The van der Waals surface area contributed by atoms with E-state index >= 15 is 0 Å². The molecule has 0 atom stereocenters. The molecule has 0 N–H and O–H groups in total. The van der Waals surface area contributed by atoms with Gasteiger partial charge >= 0.3 is 22.4 Å². The van der Waals surface area contributed by atoms with Crippen molar-refractivity contribution in [3.63, 3.8) is 0 Å². The number of carbonyl (C=O) groups is 1. The van der Waals surface area contributed by atoms with Crippen LogP contribution in [0.3, 0.4) is 0 Å². The Kier molecular flexibility index (Phi) is 5.83. The maximum absolute atomic E-state index is 12.8. The number of hydrogen-bond acceptors (Lipinski definition) is 3. The van der Waals surface area contributed by atoms with Crippen molar-refractivity contribution in [2.24, 2.45) is 0 Å². The minimum Gasteiger partial charge on any atom is -0.283 e. The largest absolute Gasteiger partial charge is 1.00 e. The maximum atomic E-state index is 12.8. The average molecular weight is 524 g/mol. The number of sulfonamides is 1.